The molecule has 4 nitrogen and oxygen atoms in total. The van der Waals surface area contributed by atoms with Crippen molar-refractivity contribution in [3.63, 3.8) is 0 Å². The number of nitrogens with zero attached hydrogens (tertiary/aromatic N) is 2. The Morgan fingerprint density at radius 2 is 2.10 bits per heavy atom. The van der Waals surface area contributed by atoms with Crippen LogP contribution in [0.15, 0.2) is 24.3 Å². The maximum atomic E-state index is 12.3. The molecule has 0 aliphatic carbocycles. The maximum Gasteiger partial charge on any atom is 0.226 e. The van der Waals surface area contributed by atoms with Gasteiger partial charge in [0.1, 0.15) is 0 Å². The molecule has 2 rings (SSSR count). The van der Waals surface area contributed by atoms with Crippen LogP contribution in [0.5, 0.6) is 0 Å². The average molecular weight is 275 g/mol. The SMILES string of the molecule is CCN1CCCC1CN(C)C(=O)Cc1ccc(N)cc1. The van der Waals surface area contributed by atoms with Crippen LogP contribution < -0.4 is 5.73 Å². The van der Waals surface area contributed by atoms with Gasteiger partial charge in [0.15, 0.2) is 0 Å². The summed E-state index contributed by atoms with van der Waals surface area (Å²) >= 11 is 0. The minimum atomic E-state index is 0.178. The van der Waals surface area contributed by atoms with Gasteiger partial charge < -0.3 is 10.6 Å². The Bertz CT molecular complexity index is 444. The van der Waals surface area contributed by atoms with Gasteiger partial charge in [-0.2, -0.15) is 0 Å². The molecule has 1 unspecified atom stereocenters. The minimum Gasteiger partial charge on any atom is -0.399 e. The number of hydrogen-bond acceptors (Lipinski definition) is 3. The smallest absolute Gasteiger partial charge is 0.226 e. The van der Waals surface area contributed by atoms with E-state index in [1.54, 1.807) is 0 Å². The third kappa shape index (κ3) is 3.73. The molecule has 1 atom stereocenters. The van der Waals surface area contributed by atoms with Crippen molar-refractivity contribution in [1.29, 1.82) is 0 Å². The molecule has 1 saturated heterocycles. The van der Waals surface area contributed by atoms with Crippen LogP contribution in [0.3, 0.4) is 0 Å². The van der Waals surface area contributed by atoms with Crippen LogP contribution in [0.4, 0.5) is 5.69 Å². The van der Waals surface area contributed by atoms with Crippen LogP contribution in [0.1, 0.15) is 25.3 Å². The highest BCUT2D eigenvalue weighted by atomic mass is 16.2. The largest absolute Gasteiger partial charge is 0.399 e. The highest BCUT2D eigenvalue weighted by Crippen LogP contribution is 2.17. The Labute approximate surface area is 121 Å². The molecule has 20 heavy (non-hydrogen) atoms. The monoisotopic (exact) mass is 275 g/mol. The summed E-state index contributed by atoms with van der Waals surface area (Å²) in [5.74, 6) is 0.178. The number of carbonyl (C=O) groups excluding carboxylic acids is 1. The number of nitrogens with two attached hydrogens (primary N) is 1. The average Bonchev–Trinajstić information content (AvgIpc) is 2.88. The van der Waals surface area contributed by atoms with E-state index in [1.165, 1.54) is 19.4 Å². The molecule has 0 spiro atoms. The Hall–Kier alpha value is -1.55. The van der Waals surface area contributed by atoms with Crippen molar-refractivity contribution >= 4 is 11.6 Å². The summed E-state index contributed by atoms with van der Waals surface area (Å²) < 4.78 is 0. The number of amides is 1. The third-order valence-electron chi connectivity index (χ3n) is 4.15. The Morgan fingerprint density at radius 1 is 1.40 bits per heavy atom. The summed E-state index contributed by atoms with van der Waals surface area (Å²) in [7, 11) is 1.91. The predicted molar refractivity (Wildman–Crippen MR) is 82.5 cm³/mol. The van der Waals surface area contributed by atoms with Gasteiger partial charge in [-0.15, -0.1) is 0 Å². The van der Waals surface area contributed by atoms with Crippen molar-refractivity contribution in [2.45, 2.75) is 32.2 Å². The minimum absolute atomic E-state index is 0.178. The zero-order chi connectivity index (χ0) is 14.5. The molecule has 1 heterocycles. The first kappa shape index (κ1) is 14.9. The number of hydrogen-bond donors (Lipinski definition) is 1. The van der Waals surface area contributed by atoms with Gasteiger partial charge in [-0.05, 0) is 43.6 Å². The van der Waals surface area contributed by atoms with Crippen molar-refractivity contribution in [3.8, 4) is 0 Å². The van der Waals surface area contributed by atoms with E-state index in [4.69, 9.17) is 5.73 Å². The quantitative estimate of drug-likeness (QED) is 0.833. The van der Waals surface area contributed by atoms with Crippen molar-refractivity contribution in [2.75, 3.05) is 32.4 Å². The first-order valence-corrected chi connectivity index (χ1v) is 7.42. The number of likely N-dealkylation sites (tertiary alicyclic amines) is 1. The fraction of sp³-hybridized carbons (Fsp3) is 0.562. The Morgan fingerprint density at radius 3 is 2.75 bits per heavy atom. The van der Waals surface area contributed by atoms with E-state index in [1.807, 2.05) is 36.2 Å². The molecule has 0 radical (unpaired) electrons. The lowest BCUT2D eigenvalue weighted by atomic mass is 10.1. The fourth-order valence-corrected chi connectivity index (χ4v) is 2.88. The zero-order valence-corrected chi connectivity index (χ0v) is 12.5. The van der Waals surface area contributed by atoms with Gasteiger partial charge >= 0.3 is 0 Å². The molecule has 1 aliphatic rings. The van der Waals surface area contributed by atoms with E-state index in [-0.39, 0.29) is 5.91 Å². The number of anilines is 1. The van der Waals surface area contributed by atoms with Crippen LogP contribution in [0, 0.1) is 0 Å². The van der Waals surface area contributed by atoms with E-state index in [0.717, 1.165) is 24.3 Å². The molecule has 0 saturated carbocycles. The van der Waals surface area contributed by atoms with Gasteiger partial charge in [-0.1, -0.05) is 19.1 Å². The number of carbonyl (C=O) groups is 1. The fourth-order valence-electron chi connectivity index (χ4n) is 2.88. The summed E-state index contributed by atoms with van der Waals surface area (Å²) in [6.07, 6.45) is 2.90. The molecule has 0 bridgehead atoms. The molecular formula is C16H25N3O. The van der Waals surface area contributed by atoms with Crippen LogP contribution in [0.2, 0.25) is 0 Å². The standard InChI is InChI=1S/C16H25N3O/c1-3-19-10-4-5-15(19)12-18(2)16(20)11-13-6-8-14(17)9-7-13/h6-9,15H,3-5,10-12,17H2,1-2H3. The normalized spacial score (nSPS) is 19.2. The summed E-state index contributed by atoms with van der Waals surface area (Å²) in [4.78, 5) is 16.6. The highest BCUT2D eigenvalue weighted by molar-refractivity contribution is 5.78. The first-order chi connectivity index (χ1) is 9.60. The van der Waals surface area contributed by atoms with Gasteiger partial charge in [-0.25, -0.2) is 0 Å². The van der Waals surface area contributed by atoms with Crippen molar-refractivity contribution in [2.24, 2.45) is 0 Å². The van der Waals surface area contributed by atoms with E-state index in [2.05, 4.69) is 11.8 Å². The lowest BCUT2D eigenvalue weighted by Gasteiger charge is -2.27. The molecule has 1 aliphatic heterocycles. The zero-order valence-electron chi connectivity index (χ0n) is 12.5. The second-order valence-corrected chi connectivity index (χ2v) is 5.62. The molecule has 1 fully saturated rings. The van der Waals surface area contributed by atoms with E-state index >= 15 is 0 Å². The highest BCUT2D eigenvalue weighted by Gasteiger charge is 2.25. The maximum absolute atomic E-state index is 12.3. The Balaban J connectivity index is 1.87. The number of likely N-dealkylation sites (N-methyl/N-ethyl adjacent to an activating group) is 2. The van der Waals surface area contributed by atoms with Gasteiger partial charge in [-0.3, -0.25) is 9.69 Å². The second kappa shape index (κ2) is 6.75. The molecule has 1 aromatic carbocycles. The Kier molecular flexibility index (Phi) is 5.01. The van der Waals surface area contributed by atoms with Gasteiger partial charge in [0.05, 0.1) is 6.42 Å². The number of nitrogen functional groups attached to an aromatic ring is 1. The molecule has 110 valence electrons. The number of benzene rings is 1. The van der Waals surface area contributed by atoms with Crippen molar-refractivity contribution in [1.82, 2.24) is 9.80 Å². The second-order valence-electron chi connectivity index (χ2n) is 5.62. The van der Waals surface area contributed by atoms with Crippen molar-refractivity contribution in [3.05, 3.63) is 29.8 Å². The molecular weight excluding hydrogens is 250 g/mol. The van der Waals surface area contributed by atoms with Gasteiger partial charge in [0.25, 0.3) is 0 Å². The van der Waals surface area contributed by atoms with Crippen LogP contribution >= 0.6 is 0 Å². The summed E-state index contributed by atoms with van der Waals surface area (Å²) in [5.41, 5.74) is 7.41. The molecule has 1 amide bonds. The lowest BCUT2D eigenvalue weighted by Crippen LogP contribution is -2.41. The summed E-state index contributed by atoms with van der Waals surface area (Å²) in [5, 5.41) is 0. The van der Waals surface area contributed by atoms with Gasteiger partial charge in [0.2, 0.25) is 5.91 Å². The van der Waals surface area contributed by atoms with E-state index in [0.29, 0.717) is 12.5 Å². The topological polar surface area (TPSA) is 49.6 Å². The number of rotatable bonds is 5. The summed E-state index contributed by atoms with van der Waals surface area (Å²) in [6, 6.07) is 8.07. The molecule has 0 aromatic heterocycles. The van der Waals surface area contributed by atoms with Crippen LogP contribution in [-0.2, 0) is 11.2 Å². The van der Waals surface area contributed by atoms with E-state index < -0.39 is 0 Å². The van der Waals surface area contributed by atoms with Crippen LogP contribution in [0.25, 0.3) is 0 Å². The van der Waals surface area contributed by atoms with Crippen LogP contribution in [-0.4, -0.2) is 48.4 Å². The predicted octanol–water partition coefficient (Wildman–Crippen LogP) is 1.75. The summed E-state index contributed by atoms with van der Waals surface area (Å²) in [6.45, 7) is 5.27. The molecule has 2 N–H and O–H groups in total. The lowest BCUT2D eigenvalue weighted by molar-refractivity contribution is -0.129. The molecule has 4 heteroatoms. The van der Waals surface area contributed by atoms with Crippen molar-refractivity contribution < 1.29 is 4.79 Å². The third-order valence-corrected chi connectivity index (χ3v) is 4.15. The van der Waals surface area contributed by atoms with E-state index in [9.17, 15) is 4.79 Å². The first-order valence-electron chi connectivity index (χ1n) is 7.42. The van der Waals surface area contributed by atoms with Gasteiger partial charge in [0, 0.05) is 25.3 Å². The molecule has 1 aromatic rings.